The molecule has 0 radical (unpaired) electrons. The lowest BCUT2D eigenvalue weighted by atomic mass is 9.85. The summed E-state index contributed by atoms with van der Waals surface area (Å²) in [7, 11) is 0. The largest absolute Gasteiger partial charge is 0.396 e. The van der Waals surface area contributed by atoms with E-state index in [1.54, 1.807) is 11.3 Å². The van der Waals surface area contributed by atoms with Crippen LogP contribution < -0.4 is 5.32 Å². The number of aliphatic hydroxyl groups excluding tert-OH is 1. The Morgan fingerprint density at radius 1 is 1.33 bits per heavy atom. The van der Waals surface area contributed by atoms with Crippen LogP contribution in [0, 0.1) is 5.92 Å². The minimum absolute atomic E-state index is 0.275. The Labute approximate surface area is 111 Å². The van der Waals surface area contributed by atoms with E-state index in [9.17, 15) is 5.11 Å². The Kier molecular flexibility index (Phi) is 3.48. The first-order valence-corrected chi connectivity index (χ1v) is 7.46. The number of hydrogen-bond donors (Lipinski definition) is 2. The molecular weight excluding hydrogens is 244 g/mol. The van der Waals surface area contributed by atoms with Gasteiger partial charge >= 0.3 is 0 Å². The molecule has 3 nitrogen and oxygen atoms in total. The highest BCUT2D eigenvalue weighted by Crippen LogP contribution is 2.30. The number of anilines is 1. The van der Waals surface area contributed by atoms with Gasteiger partial charge in [0, 0.05) is 34.8 Å². The summed E-state index contributed by atoms with van der Waals surface area (Å²) >= 11 is 1.74. The number of rotatable bonds is 3. The Morgan fingerprint density at radius 2 is 2.22 bits per heavy atom. The maximum Gasteiger partial charge on any atom is 0.134 e. The number of fused-ring (bicyclic) bond motifs is 1. The monoisotopic (exact) mass is 262 g/mol. The fourth-order valence-corrected chi connectivity index (χ4v) is 3.58. The number of hydrogen-bond acceptors (Lipinski definition) is 4. The van der Waals surface area contributed by atoms with Gasteiger partial charge in [-0.25, -0.2) is 4.98 Å². The minimum Gasteiger partial charge on any atom is -0.396 e. The Hall–Kier alpha value is -1.13. The summed E-state index contributed by atoms with van der Waals surface area (Å²) in [5.74, 6) is 1.34. The molecule has 4 heteroatoms. The van der Waals surface area contributed by atoms with Crippen LogP contribution in [0.5, 0.6) is 0 Å². The van der Waals surface area contributed by atoms with Crippen molar-refractivity contribution in [1.29, 1.82) is 0 Å². The van der Waals surface area contributed by atoms with E-state index >= 15 is 0 Å². The van der Waals surface area contributed by atoms with Crippen molar-refractivity contribution in [1.82, 2.24) is 4.98 Å². The third-order valence-corrected chi connectivity index (χ3v) is 4.73. The number of aliphatic hydroxyl groups is 1. The van der Waals surface area contributed by atoms with Crippen LogP contribution in [0.2, 0.25) is 0 Å². The van der Waals surface area contributed by atoms with Crippen LogP contribution in [-0.4, -0.2) is 22.7 Å². The Balaban J connectivity index is 1.84. The number of pyridine rings is 1. The second kappa shape index (κ2) is 5.24. The van der Waals surface area contributed by atoms with Crippen LogP contribution in [0.4, 0.5) is 5.82 Å². The number of nitrogens with zero attached hydrogens (tertiary/aromatic N) is 1. The Bertz CT molecular complexity index is 525. The molecule has 18 heavy (non-hydrogen) atoms. The van der Waals surface area contributed by atoms with E-state index in [2.05, 4.69) is 27.8 Å². The molecule has 1 aliphatic rings. The van der Waals surface area contributed by atoms with Gasteiger partial charge < -0.3 is 10.4 Å². The normalized spacial score (nSPS) is 24.3. The lowest BCUT2D eigenvalue weighted by Gasteiger charge is -2.31. The first kappa shape index (κ1) is 11.9. The zero-order valence-corrected chi connectivity index (χ0v) is 11.1. The summed E-state index contributed by atoms with van der Waals surface area (Å²) in [4.78, 5) is 4.46. The molecule has 2 aromatic heterocycles. The lowest BCUT2D eigenvalue weighted by molar-refractivity contribution is 0.178. The quantitative estimate of drug-likeness (QED) is 0.892. The van der Waals surface area contributed by atoms with Crippen molar-refractivity contribution in [2.45, 2.75) is 31.7 Å². The molecular formula is C14H18N2OS. The van der Waals surface area contributed by atoms with Gasteiger partial charge in [-0.05, 0) is 30.4 Å². The van der Waals surface area contributed by atoms with E-state index in [1.807, 2.05) is 6.20 Å². The summed E-state index contributed by atoms with van der Waals surface area (Å²) in [5, 5.41) is 16.3. The highest BCUT2D eigenvalue weighted by molar-refractivity contribution is 7.17. The average Bonchev–Trinajstić information content (AvgIpc) is 2.89. The minimum atomic E-state index is 0.275. The molecule has 1 fully saturated rings. The first-order valence-electron chi connectivity index (χ1n) is 6.58. The van der Waals surface area contributed by atoms with E-state index in [4.69, 9.17) is 0 Å². The van der Waals surface area contributed by atoms with Crippen molar-refractivity contribution >= 4 is 27.2 Å². The summed E-state index contributed by atoms with van der Waals surface area (Å²) in [6.07, 6.45) is 6.59. The van der Waals surface area contributed by atoms with E-state index in [0.717, 1.165) is 18.7 Å². The highest BCUT2D eigenvalue weighted by atomic mass is 32.1. The summed E-state index contributed by atoms with van der Waals surface area (Å²) in [6.45, 7) is 0.275. The van der Waals surface area contributed by atoms with Crippen molar-refractivity contribution in [2.24, 2.45) is 5.92 Å². The average molecular weight is 262 g/mol. The molecule has 0 aliphatic heterocycles. The van der Waals surface area contributed by atoms with Crippen molar-refractivity contribution in [3.05, 3.63) is 23.7 Å². The van der Waals surface area contributed by atoms with Gasteiger partial charge in [0.2, 0.25) is 0 Å². The van der Waals surface area contributed by atoms with Gasteiger partial charge in [0.25, 0.3) is 0 Å². The summed E-state index contributed by atoms with van der Waals surface area (Å²) < 4.78 is 1.27. The maximum absolute atomic E-state index is 9.45. The van der Waals surface area contributed by atoms with Gasteiger partial charge in [-0.15, -0.1) is 11.3 Å². The van der Waals surface area contributed by atoms with Crippen LogP contribution in [0.3, 0.4) is 0 Å². The molecule has 0 amide bonds. The maximum atomic E-state index is 9.45. The molecule has 3 rings (SSSR count). The van der Waals surface area contributed by atoms with Crippen molar-refractivity contribution in [3.63, 3.8) is 0 Å². The van der Waals surface area contributed by atoms with Crippen molar-refractivity contribution in [3.8, 4) is 0 Å². The number of thiophene rings is 1. The predicted octanol–water partition coefficient (Wildman–Crippen LogP) is 3.26. The van der Waals surface area contributed by atoms with E-state index < -0.39 is 0 Å². The standard InChI is InChI=1S/C14H18N2OS/c17-9-10-3-1-2-4-12(10)16-14-11-6-8-18-13(11)5-7-15-14/h5-8,10,12,17H,1-4,9H2,(H,15,16). The molecule has 2 aromatic rings. The second-order valence-electron chi connectivity index (χ2n) is 4.97. The topological polar surface area (TPSA) is 45.1 Å². The van der Waals surface area contributed by atoms with E-state index in [0.29, 0.717) is 12.0 Å². The second-order valence-corrected chi connectivity index (χ2v) is 5.92. The SMILES string of the molecule is OCC1CCCCC1Nc1nccc2sccc12. The molecule has 2 heterocycles. The smallest absolute Gasteiger partial charge is 0.134 e. The van der Waals surface area contributed by atoms with Crippen LogP contribution in [0.25, 0.3) is 10.1 Å². The molecule has 0 spiro atoms. The fourth-order valence-electron chi connectivity index (χ4n) is 2.80. The van der Waals surface area contributed by atoms with Gasteiger partial charge in [-0.1, -0.05) is 12.8 Å². The fraction of sp³-hybridized carbons (Fsp3) is 0.500. The zero-order chi connectivity index (χ0) is 12.4. The molecule has 2 N–H and O–H groups in total. The van der Waals surface area contributed by atoms with Crippen LogP contribution >= 0.6 is 11.3 Å². The zero-order valence-electron chi connectivity index (χ0n) is 10.3. The van der Waals surface area contributed by atoms with Gasteiger partial charge in [-0.3, -0.25) is 0 Å². The van der Waals surface area contributed by atoms with Crippen molar-refractivity contribution in [2.75, 3.05) is 11.9 Å². The molecule has 96 valence electrons. The Morgan fingerprint density at radius 3 is 3.11 bits per heavy atom. The molecule has 1 saturated carbocycles. The third-order valence-electron chi connectivity index (χ3n) is 3.85. The molecule has 0 saturated heterocycles. The number of nitrogens with one attached hydrogen (secondary N) is 1. The first-order chi connectivity index (χ1) is 8.88. The predicted molar refractivity (Wildman–Crippen MR) is 76.1 cm³/mol. The van der Waals surface area contributed by atoms with Crippen LogP contribution in [0.15, 0.2) is 23.7 Å². The third kappa shape index (κ3) is 2.22. The summed E-state index contributed by atoms with van der Waals surface area (Å²) in [5.41, 5.74) is 0. The van der Waals surface area contributed by atoms with Gasteiger partial charge in [0.05, 0.1) is 0 Å². The number of aromatic nitrogens is 1. The molecule has 1 aliphatic carbocycles. The van der Waals surface area contributed by atoms with E-state index in [1.165, 1.54) is 22.9 Å². The summed E-state index contributed by atoms with van der Waals surface area (Å²) in [6, 6.07) is 4.53. The van der Waals surface area contributed by atoms with Gasteiger partial charge in [0.1, 0.15) is 5.82 Å². The van der Waals surface area contributed by atoms with Crippen LogP contribution in [-0.2, 0) is 0 Å². The molecule has 0 bridgehead atoms. The van der Waals surface area contributed by atoms with Gasteiger partial charge in [-0.2, -0.15) is 0 Å². The van der Waals surface area contributed by atoms with Gasteiger partial charge in [0.15, 0.2) is 0 Å². The highest BCUT2D eigenvalue weighted by Gasteiger charge is 2.25. The van der Waals surface area contributed by atoms with Crippen LogP contribution in [0.1, 0.15) is 25.7 Å². The molecule has 2 unspecified atom stereocenters. The lowest BCUT2D eigenvalue weighted by Crippen LogP contribution is -2.34. The van der Waals surface area contributed by atoms with Crippen molar-refractivity contribution < 1.29 is 5.11 Å². The van der Waals surface area contributed by atoms with E-state index in [-0.39, 0.29) is 6.61 Å². The molecule has 2 atom stereocenters. The molecule has 0 aromatic carbocycles.